The quantitative estimate of drug-likeness (QED) is 0.303. The first-order valence-corrected chi connectivity index (χ1v) is 7.42. The Morgan fingerprint density at radius 3 is 2.71 bits per heavy atom. The lowest BCUT2D eigenvalue weighted by Gasteiger charge is -2.27. The van der Waals surface area contributed by atoms with Crippen LogP contribution in [0.25, 0.3) is 0 Å². The van der Waals surface area contributed by atoms with Crippen LogP contribution in [0.3, 0.4) is 0 Å². The molecule has 1 aliphatic carbocycles. The molecular formula is C16H26O5. The summed E-state index contributed by atoms with van der Waals surface area (Å²) in [6.45, 7) is 8.61. The zero-order chi connectivity index (χ0) is 15.9. The van der Waals surface area contributed by atoms with Gasteiger partial charge in [-0.25, -0.2) is 9.68 Å². The van der Waals surface area contributed by atoms with E-state index in [0.717, 1.165) is 31.3 Å². The SMILES string of the molecule is CCCCCOOC(OC1=C(C)CC(C)(C)C=C1)C(=O)O. The topological polar surface area (TPSA) is 65.0 Å². The van der Waals surface area contributed by atoms with Crippen molar-refractivity contribution in [1.29, 1.82) is 0 Å². The molecule has 0 saturated heterocycles. The second-order valence-corrected chi connectivity index (χ2v) is 6.06. The summed E-state index contributed by atoms with van der Waals surface area (Å²) in [5.41, 5.74) is 1.07. The maximum Gasteiger partial charge on any atom is 0.376 e. The molecule has 0 aromatic carbocycles. The number of allylic oxidation sites excluding steroid dienone is 3. The number of hydrogen-bond acceptors (Lipinski definition) is 4. The molecule has 1 rings (SSSR count). The molecule has 1 aliphatic rings. The van der Waals surface area contributed by atoms with Crippen LogP contribution in [0, 0.1) is 5.41 Å². The number of rotatable bonds is 9. The molecule has 0 aromatic rings. The molecule has 5 heteroatoms. The summed E-state index contributed by atoms with van der Waals surface area (Å²) in [5.74, 6) is -0.664. The Bertz CT molecular complexity index is 409. The fourth-order valence-electron chi connectivity index (χ4n) is 2.16. The van der Waals surface area contributed by atoms with E-state index in [-0.39, 0.29) is 5.41 Å². The number of carboxylic acids is 1. The van der Waals surface area contributed by atoms with Crippen molar-refractivity contribution in [2.75, 3.05) is 6.61 Å². The van der Waals surface area contributed by atoms with E-state index in [1.54, 1.807) is 6.08 Å². The number of hydrogen-bond donors (Lipinski definition) is 1. The second-order valence-electron chi connectivity index (χ2n) is 6.06. The third kappa shape index (κ3) is 6.31. The van der Waals surface area contributed by atoms with Crippen LogP contribution in [-0.2, 0) is 19.3 Å². The smallest absolute Gasteiger partial charge is 0.376 e. The molecule has 0 heterocycles. The average Bonchev–Trinajstić information content (AvgIpc) is 2.38. The number of carbonyl (C=O) groups is 1. The van der Waals surface area contributed by atoms with E-state index in [4.69, 9.17) is 19.6 Å². The summed E-state index contributed by atoms with van der Waals surface area (Å²) < 4.78 is 5.41. The van der Waals surface area contributed by atoms with Crippen LogP contribution in [0.4, 0.5) is 0 Å². The Labute approximate surface area is 126 Å². The minimum Gasteiger partial charge on any atom is -0.477 e. The van der Waals surface area contributed by atoms with E-state index in [2.05, 4.69) is 20.8 Å². The fraction of sp³-hybridized carbons (Fsp3) is 0.688. The second kappa shape index (κ2) is 8.20. The van der Waals surface area contributed by atoms with E-state index in [9.17, 15) is 4.79 Å². The number of ether oxygens (including phenoxy) is 1. The van der Waals surface area contributed by atoms with E-state index >= 15 is 0 Å². The van der Waals surface area contributed by atoms with Crippen LogP contribution in [0.2, 0.25) is 0 Å². The summed E-state index contributed by atoms with van der Waals surface area (Å²) in [6.07, 6.45) is 6.11. The lowest BCUT2D eigenvalue weighted by Crippen LogP contribution is -2.28. The fourth-order valence-corrected chi connectivity index (χ4v) is 2.16. The van der Waals surface area contributed by atoms with Crippen LogP contribution >= 0.6 is 0 Å². The van der Waals surface area contributed by atoms with Crippen molar-refractivity contribution in [1.82, 2.24) is 0 Å². The largest absolute Gasteiger partial charge is 0.477 e. The molecule has 21 heavy (non-hydrogen) atoms. The molecule has 120 valence electrons. The molecule has 1 N–H and O–H groups in total. The van der Waals surface area contributed by atoms with Gasteiger partial charge in [-0.1, -0.05) is 39.7 Å². The molecule has 0 radical (unpaired) electrons. The van der Waals surface area contributed by atoms with Crippen LogP contribution in [0.15, 0.2) is 23.5 Å². The average molecular weight is 298 g/mol. The van der Waals surface area contributed by atoms with Gasteiger partial charge in [0.2, 0.25) is 0 Å². The predicted molar refractivity (Wildman–Crippen MR) is 79.3 cm³/mol. The molecule has 0 aliphatic heterocycles. The third-order valence-electron chi connectivity index (χ3n) is 3.25. The molecule has 0 saturated carbocycles. The standard InChI is InChI=1S/C16H26O5/c1-5-6-7-10-19-21-15(14(17)18)20-13-8-9-16(3,4)11-12(13)2/h8-9,15H,5-7,10-11H2,1-4H3,(H,17,18). The number of aliphatic carboxylic acids is 1. The van der Waals surface area contributed by atoms with Gasteiger partial charge < -0.3 is 9.84 Å². The van der Waals surface area contributed by atoms with Crippen LogP contribution in [0.5, 0.6) is 0 Å². The summed E-state index contributed by atoms with van der Waals surface area (Å²) in [7, 11) is 0. The Kier molecular flexibility index (Phi) is 6.92. The highest BCUT2D eigenvalue weighted by Crippen LogP contribution is 2.33. The summed E-state index contributed by atoms with van der Waals surface area (Å²) >= 11 is 0. The van der Waals surface area contributed by atoms with Crippen LogP contribution in [-0.4, -0.2) is 24.0 Å². The molecule has 1 unspecified atom stereocenters. The lowest BCUT2D eigenvalue weighted by atomic mass is 9.82. The van der Waals surface area contributed by atoms with Gasteiger partial charge in [0.15, 0.2) is 0 Å². The van der Waals surface area contributed by atoms with Gasteiger partial charge >= 0.3 is 12.3 Å². The summed E-state index contributed by atoms with van der Waals surface area (Å²) in [4.78, 5) is 20.9. The zero-order valence-corrected chi connectivity index (χ0v) is 13.3. The first kappa shape index (κ1) is 17.7. The Hall–Kier alpha value is -1.33. The predicted octanol–water partition coefficient (Wildman–Crippen LogP) is 3.81. The first-order chi connectivity index (χ1) is 9.85. The lowest BCUT2D eigenvalue weighted by molar-refractivity contribution is -0.363. The van der Waals surface area contributed by atoms with Crippen LogP contribution in [0.1, 0.15) is 53.4 Å². The summed E-state index contributed by atoms with van der Waals surface area (Å²) in [5, 5.41) is 9.12. The highest BCUT2D eigenvalue weighted by molar-refractivity contribution is 5.70. The van der Waals surface area contributed by atoms with Crippen molar-refractivity contribution in [3.8, 4) is 0 Å². The maximum absolute atomic E-state index is 11.2. The van der Waals surface area contributed by atoms with Crippen molar-refractivity contribution in [2.45, 2.75) is 59.7 Å². The van der Waals surface area contributed by atoms with Gasteiger partial charge in [0.05, 0.1) is 6.61 Å². The number of unbranched alkanes of at least 4 members (excludes halogenated alkanes) is 2. The molecule has 0 aromatic heterocycles. The molecule has 1 atom stereocenters. The zero-order valence-electron chi connectivity index (χ0n) is 13.3. The van der Waals surface area contributed by atoms with E-state index < -0.39 is 12.3 Å². The van der Waals surface area contributed by atoms with Gasteiger partial charge in [-0.2, -0.15) is 4.89 Å². The highest BCUT2D eigenvalue weighted by atomic mass is 17.2. The maximum atomic E-state index is 11.2. The van der Waals surface area contributed by atoms with Crippen molar-refractivity contribution in [2.24, 2.45) is 5.41 Å². The van der Waals surface area contributed by atoms with Gasteiger partial charge in [0.1, 0.15) is 5.76 Å². The minimum atomic E-state index is -1.44. The minimum absolute atomic E-state index is 0.0627. The molecule has 5 nitrogen and oxygen atoms in total. The van der Waals surface area contributed by atoms with Gasteiger partial charge in [-0.15, -0.1) is 0 Å². The Morgan fingerprint density at radius 1 is 1.43 bits per heavy atom. The van der Waals surface area contributed by atoms with Crippen molar-refractivity contribution in [3.05, 3.63) is 23.5 Å². The molecule has 0 fully saturated rings. The van der Waals surface area contributed by atoms with E-state index in [1.807, 2.05) is 13.0 Å². The normalized spacial score (nSPS) is 18.7. The summed E-state index contributed by atoms with van der Waals surface area (Å²) in [6, 6.07) is 0. The van der Waals surface area contributed by atoms with Crippen molar-refractivity contribution in [3.63, 3.8) is 0 Å². The van der Waals surface area contributed by atoms with E-state index in [0.29, 0.717) is 12.4 Å². The molecule has 0 spiro atoms. The van der Waals surface area contributed by atoms with Gasteiger partial charge in [-0.05, 0) is 36.8 Å². The van der Waals surface area contributed by atoms with Gasteiger partial charge in [-0.3, -0.25) is 0 Å². The van der Waals surface area contributed by atoms with E-state index in [1.165, 1.54) is 0 Å². The monoisotopic (exact) mass is 298 g/mol. The molecule has 0 bridgehead atoms. The van der Waals surface area contributed by atoms with Crippen LogP contribution < -0.4 is 0 Å². The Morgan fingerprint density at radius 2 is 2.14 bits per heavy atom. The first-order valence-electron chi connectivity index (χ1n) is 7.42. The highest BCUT2D eigenvalue weighted by Gasteiger charge is 2.26. The third-order valence-corrected chi connectivity index (χ3v) is 3.25. The van der Waals surface area contributed by atoms with Crippen molar-refractivity contribution < 1.29 is 24.4 Å². The van der Waals surface area contributed by atoms with Gasteiger partial charge in [0, 0.05) is 0 Å². The van der Waals surface area contributed by atoms with Crippen molar-refractivity contribution >= 4 is 5.97 Å². The molecular weight excluding hydrogens is 272 g/mol. The number of carboxylic acid groups (broad SMARTS) is 1. The Balaban J connectivity index is 2.51. The molecule has 0 amide bonds. The van der Waals surface area contributed by atoms with Gasteiger partial charge in [0.25, 0.3) is 0 Å².